The van der Waals surface area contributed by atoms with Crippen LogP contribution in [-0.4, -0.2) is 251 Å². The second-order valence-electron chi connectivity index (χ2n) is 17.7. The molecule has 2 aliphatic heterocycles. The van der Waals surface area contributed by atoms with E-state index in [1.54, 1.807) is 0 Å². The maximum absolute atomic E-state index is 13.7. The monoisotopic (exact) mass is 1280 g/mol. The number of nitrogens with two attached hydrogens (primary N) is 1. The van der Waals surface area contributed by atoms with Crippen LogP contribution >= 0.6 is 35.3 Å². The SMILES string of the molecule is N[C@H]1CSCC(=O)NCCn2c(=O)n3c(=O)n(c2=O)CCNC(=O)CSC[C@H](NC(=O)CNC(=O)CNC(=O)CNC(=O)CNC(=O)CNC1=O)C(=O)NCC(=O)NCC(=O)NCC(=O)NCC(=O)NCC(=O)N[C@H](C(=O)O)CSCC(=O)NCC3. The highest BCUT2D eigenvalue weighted by atomic mass is 32.2. The highest BCUT2D eigenvalue weighted by Crippen LogP contribution is 2.05. The maximum Gasteiger partial charge on any atom is 0.336 e. The molecule has 0 saturated heterocycles. The second kappa shape index (κ2) is 38.0. The molecular formula is C44H65N19O20S3. The first-order chi connectivity index (χ1) is 40.8. The van der Waals surface area contributed by atoms with E-state index in [0.29, 0.717) is 13.7 Å². The van der Waals surface area contributed by atoms with Crippen molar-refractivity contribution < 1.29 is 81.8 Å². The summed E-state index contributed by atoms with van der Waals surface area (Å²) in [6.07, 6.45) is 0. The van der Waals surface area contributed by atoms with E-state index in [9.17, 15) is 96.2 Å². The first-order valence-electron chi connectivity index (χ1n) is 25.6. The minimum atomic E-state index is -1.57. The number of carboxylic acids is 1. The summed E-state index contributed by atoms with van der Waals surface area (Å²) in [5, 5.41) is 43.3. The van der Waals surface area contributed by atoms with E-state index in [1.165, 1.54) is 0 Å². The maximum atomic E-state index is 13.7. The van der Waals surface area contributed by atoms with Gasteiger partial charge in [-0.15, -0.1) is 35.3 Å². The number of hydrogen-bond acceptors (Lipinski definition) is 23. The van der Waals surface area contributed by atoms with E-state index in [0.717, 1.165) is 35.3 Å². The van der Waals surface area contributed by atoms with Gasteiger partial charge >= 0.3 is 23.0 Å². The average molecular weight is 1280 g/mol. The molecule has 1 aromatic rings. The lowest BCUT2D eigenvalue weighted by Gasteiger charge is -2.18. The molecule has 39 nitrogen and oxygen atoms in total. The quantitative estimate of drug-likeness (QED) is 0.124. The Morgan fingerprint density at radius 2 is 0.628 bits per heavy atom. The number of carboxylic acid groups (broad SMARTS) is 1. The molecule has 3 heterocycles. The molecule has 0 radical (unpaired) electrons. The van der Waals surface area contributed by atoms with Crippen LogP contribution in [0.1, 0.15) is 0 Å². The van der Waals surface area contributed by atoms with Crippen LogP contribution in [-0.2, 0) is 96.3 Å². The zero-order valence-corrected chi connectivity index (χ0v) is 48.1. The van der Waals surface area contributed by atoms with E-state index in [2.05, 4.69) is 79.8 Å². The molecule has 4 bridgehead atoms. The van der Waals surface area contributed by atoms with Gasteiger partial charge in [-0.05, 0) is 0 Å². The lowest BCUT2D eigenvalue weighted by atomic mass is 10.3. The largest absolute Gasteiger partial charge is 0.480 e. The first-order valence-corrected chi connectivity index (χ1v) is 29.0. The zero-order valence-electron chi connectivity index (χ0n) is 45.6. The van der Waals surface area contributed by atoms with Crippen LogP contribution in [0.2, 0.25) is 0 Å². The highest BCUT2D eigenvalue weighted by molar-refractivity contribution is 8.00. The van der Waals surface area contributed by atoms with Gasteiger partial charge in [0.25, 0.3) is 0 Å². The molecule has 0 aliphatic carbocycles. The molecule has 2 aliphatic rings. The summed E-state index contributed by atoms with van der Waals surface area (Å²) < 4.78 is 1.75. The van der Waals surface area contributed by atoms with Crippen molar-refractivity contribution in [1.82, 2.24) is 93.5 Å². The van der Waals surface area contributed by atoms with Gasteiger partial charge in [0, 0.05) is 56.5 Å². The Morgan fingerprint density at radius 1 is 0.349 bits per heavy atom. The molecule has 0 fully saturated rings. The van der Waals surface area contributed by atoms with Crippen molar-refractivity contribution in [3.05, 3.63) is 31.5 Å². The van der Waals surface area contributed by atoms with Gasteiger partial charge in [-0.1, -0.05) is 0 Å². The van der Waals surface area contributed by atoms with Gasteiger partial charge in [0.15, 0.2) is 0 Å². The smallest absolute Gasteiger partial charge is 0.336 e. The van der Waals surface area contributed by atoms with Crippen molar-refractivity contribution in [2.45, 2.75) is 37.8 Å². The van der Waals surface area contributed by atoms with E-state index in [-0.39, 0.29) is 29.6 Å². The number of nitrogens with zero attached hydrogens (tertiary/aromatic N) is 3. The van der Waals surface area contributed by atoms with Gasteiger partial charge < -0.3 is 90.6 Å². The fraction of sp³-hybridized carbons (Fsp3) is 0.568. The van der Waals surface area contributed by atoms with Gasteiger partial charge in [0.1, 0.15) is 12.1 Å². The number of nitrogens with one attached hydrogen (secondary N) is 15. The molecule has 18 N–H and O–H groups in total. The van der Waals surface area contributed by atoms with Crippen molar-refractivity contribution >= 4 is 130 Å². The van der Waals surface area contributed by atoms with Crippen molar-refractivity contribution in [3.8, 4) is 0 Å². The third kappa shape index (κ3) is 28.0. The topological polar surface area (TPSA) is 566 Å². The summed E-state index contributed by atoms with van der Waals surface area (Å²) in [7, 11) is 0. The summed E-state index contributed by atoms with van der Waals surface area (Å²) in [5.41, 5.74) is 2.32. The molecule has 15 amide bonds. The fourth-order valence-electron chi connectivity index (χ4n) is 6.59. The van der Waals surface area contributed by atoms with Gasteiger partial charge in [-0.3, -0.25) is 71.9 Å². The molecular weight excluding hydrogens is 1210 g/mol. The standard InChI is InChI=1S/C44H65N19O20S3/c45-23-17-84-20-36(74)46-1-4-61-42(81)62-5-2-47-37(75)21-85-18-24(59-34(72)15-55-30(68)11-51-26(64)7-49-28(66)9-53-32(70)13-57-39(23)77)40(78)58-14-33(71)54-10-29(67)50-8-27(65)52-12-31(69)56-16-35(73)60-25(41(79)80)19-86-22-38(76)48-3-6-63(43(61)82)44(62)83/h23-25H,1-22,45H2,(H,46,74)(H,47,75)(H,48,76)(H,49,66)(H,50,67)(H,51,64)(H,52,65)(H,53,70)(H,54,71)(H,55,68)(H,56,69)(H,57,77)(H,58,78)(H,59,72)(H,60,73)(H,79,80)/t23-,24-,25-/m0/s1. The predicted molar refractivity (Wildman–Crippen MR) is 300 cm³/mol. The number of aliphatic carboxylic acids is 1. The third-order valence-corrected chi connectivity index (χ3v) is 14.1. The molecule has 474 valence electrons. The van der Waals surface area contributed by atoms with Crippen LogP contribution < -0.4 is 103 Å². The molecule has 42 heteroatoms. The number of hydrogen-bond donors (Lipinski definition) is 17. The number of thioether (sulfide) groups is 3. The first kappa shape index (κ1) is 71.2. The van der Waals surface area contributed by atoms with E-state index in [1.807, 2.05) is 0 Å². The number of rotatable bonds is 1. The van der Waals surface area contributed by atoms with E-state index >= 15 is 0 Å². The normalized spacial score (nSPS) is 21.8. The van der Waals surface area contributed by atoms with Crippen LogP contribution in [0.4, 0.5) is 0 Å². The second-order valence-corrected chi connectivity index (χ2v) is 20.8. The highest BCUT2D eigenvalue weighted by Gasteiger charge is 2.25. The van der Waals surface area contributed by atoms with Crippen LogP contribution in [0.15, 0.2) is 14.4 Å². The number of amides is 15. The lowest BCUT2D eigenvalue weighted by Crippen LogP contribution is -2.56. The molecule has 3 rings (SSSR count). The van der Waals surface area contributed by atoms with Crippen LogP contribution in [0.25, 0.3) is 0 Å². The Morgan fingerprint density at radius 3 is 0.965 bits per heavy atom. The van der Waals surface area contributed by atoms with Crippen LogP contribution in [0, 0.1) is 0 Å². The Kier molecular flexibility index (Phi) is 31.5. The lowest BCUT2D eigenvalue weighted by molar-refractivity contribution is -0.141. The summed E-state index contributed by atoms with van der Waals surface area (Å²) in [4.78, 5) is 242. The zero-order chi connectivity index (χ0) is 63.7. The third-order valence-electron chi connectivity index (χ3n) is 11.0. The molecule has 3 atom stereocenters. The minimum absolute atomic E-state index is 0.140. The Bertz CT molecular complexity index is 2920. The van der Waals surface area contributed by atoms with Crippen molar-refractivity contribution in [3.63, 3.8) is 0 Å². The van der Waals surface area contributed by atoms with Gasteiger partial charge in [0.2, 0.25) is 88.6 Å². The van der Waals surface area contributed by atoms with Crippen LogP contribution in [0.3, 0.4) is 0 Å². The molecule has 0 spiro atoms. The van der Waals surface area contributed by atoms with Gasteiger partial charge in [0.05, 0.1) is 88.7 Å². The average Bonchev–Trinajstić information content (AvgIpc) is 1.24. The fourth-order valence-corrected chi connectivity index (χ4v) is 9.15. The molecule has 0 aromatic carbocycles. The Hall–Kier alpha value is -9.06. The molecule has 86 heavy (non-hydrogen) atoms. The Labute approximate surface area is 497 Å². The van der Waals surface area contributed by atoms with Crippen LogP contribution in [0.5, 0.6) is 0 Å². The summed E-state index contributed by atoms with van der Waals surface area (Å²) in [5.74, 6) is -16.6. The molecule has 0 unspecified atom stereocenters. The van der Waals surface area contributed by atoms with Gasteiger partial charge in [-0.2, -0.15) is 0 Å². The number of fused-ring (bicyclic) bond motifs is 9. The van der Waals surface area contributed by atoms with Crippen molar-refractivity contribution in [2.24, 2.45) is 5.73 Å². The summed E-state index contributed by atoms with van der Waals surface area (Å²) in [6, 6.07) is -4.34. The predicted octanol–water partition coefficient (Wildman–Crippen LogP) is -14.7. The van der Waals surface area contributed by atoms with Gasteiger partial charge in [-0.25, -0.2) is 32.9 Å². The van der Waals surface area contributed by atoms with E-state index in [4.69, 9.17) is 5.73 Å². The molecule has 0 saturated carbocycles. The minimum Gasteiger partial charge on any atom is -0.480 e. The summed E-state index contributed by atoms with van der Waals surface area (Å²) >= 11 is 2.40. The van der Waals surface area contributed by atoms with Crippen molar-refractivity contribution in [2.75, 3.05) is 120 Å². The summed E-state index contributed by atoms with van der Waals surface area (Å²) in [6.45, 7) is -10.0. The molecule has 1 aromatic heterocycles. The Balaban J connectivity index is 1.91. The number of aromatic nitrogens is 3. The van der Waals surface area contributed by atoms with E-state index < -0.39 is 239 Å². The number of carbonyl (C=O) groups is 16. The number of carbonyl (C=O) groups excluding carboxylic acids is 15. The van der Waals surface area contributed by atoms with Crippen molar-refractivity contribution in [1.29, 1.82) is 0 Å².